The van der Waals surface area contributed by atoms with Crippen LogP contribution in [-0.4, -0.2) is 39.8 Å². The summed E-state index contributed by atoms with van der Waals surface area (Å²) in [6, 6.07) is 9.77. The third-order valence-corrected chi connectivity index (χ3v) is 4.13. The predicted molar refractivity (Wildman–Crippen MR) is 79.5 cm³/mol. The summed E-state index contributed by atoms with van der Waals surface area (Å²) in [6.45, 7) is 2.65. The van der Waals surface area contributed by atoms with Gasteiger partial charge < -0.3 is 9.63 Å². The first-order valence-corrected chi connectivity index (χ1v) is 7.42. The molecule has 3 rings (SSSR count). The van der Waals surface area contributed by atoms with Gasteiger partial charge in [0.25, 0.3) is 0 Å². The van der Waals surface area contributed by atoms with E-state index in [2.05, 4.69) is 15.0 Å². The van der Waals surface area contributed by atoms with Crippen LogP contribution in [0.25, 0.3) is 11.4 Å². The second-order valence-corrected chi connectivity index (χ2v) is 5.84. The van der Waals surface area contributed by atoms with Crippen molar-refractivity contribution in [3.63, 3.8) is 0 Å². The van der Waals surface area contributed by atoms with Gasteiger partial charge in [-0.1, -0.05) is 35.5 Å². The normalized spacial score (nSPS) is 17.9. The van der Waals surface area contributed by atoms with Gasteiger partial charge in [-0.05, 0) is 32.7 Å². The van der Waals surface area contributed by atoms with E-state index in [1.165, 1.54) is 0 Å². The highest BCUT2D eigenvalue weighted by atomic mass is 16.5. The second kappa shape index (κ2) is 5.95. The molecule has 0 aliphatic heterocycles. The van der Waals surface area contributed by atoms with E-state index in [4.69, 9.17) is 4.52 Å². The SMILES string of the molecule is CC(c1nc(-c2ccccc2)no1)N(C)CC(O)C1CC1. The Balaban J connectivity index is 1.67. The number of likely N-dealkylation sites (N-methyl/N-ethyl adjacent to an activating group) is 1. The lowest BCUT2D eigenvalue weighted by Gasteiger charge is -2.24. The van der Waals surface area contributed by atoms with E-state index >= 15 is 0 Å². The van der Waals surface area contributed by atoms with Crippen molar-refractivity contribution in [1.82, 2.24) is 15.0 Å². The fourth-order valence-electron chi connectivity index (χ4n) is 2.38. The van der Waals surface area contributed by atoms with Crippen molar-refractivity contribution in [3.8, 4) is 11.4 Å². The van der Waals surface area contributed by atoms with E-state index in [-0.39, 0.29) is 12.1 Å². The van der Waals surface area contributed by atoms with Crippen LogP contribution in [0.3, 0.4) is 0 Å². The lowest BCUT2D eigenvalue weighted by Crippen LogP contribution is -2.32. The summed E-state index contributed by atoms with van der Waals surface area (Å²) in [5.41, 5.74) is 0.945. The summed E-state index contributed by atoms with van der Waals surface area (Å²) in [5.74, 6) is 1.66. The fourth-order valence-corrected chi connectivity index (χ4v) is 2.38. The largest absolute Gasteiger partial charge is 0.392 e. The molecule has 1 N–H and O–H groups in total. The van der Waals surface area contributed by atoms with Crippen molar-refractivity contribution in [1.29, 1.82) is 0 Å². The highest BCUT2D eigenvalue weighted by Crippen LogP contribution is 2.33. The monoisotopic (exact) mass is 287 g/mol. The Labute approximate surface area is 124 Å². The van der Waals surface area contributed by atoms with Crippen LogP contribution in [0.2, 0.25) is 0 Å². The summed E-state index contributed by atoms with van der Waals surface area (Å²) >= 11 is 0. The van der Waals surface area contributed by atoms with Gasteiger partial charge in [0.15, 0.2) is 0 Å². The molecule has 1 aromatic carbocycles. The topological polar surface area (TPSA) is 62.4 Å². The molecule has 2 atom stereocenters. The zero-order chi connectivity index (χ0) is 14.8. The summed E-state index contributed by atoms with van der Waals surface area (Å²) < 4.78 is 5.38. The molecule has 1 saturated carbocycles. The van der Waals surface area contributed by atoms with Crippen LogP contribution in [0.4, 0.5) is 0 Å². The van der Waals surface area contributed by atoms with Crippen LogP contribution in [0.1, 0.15) is 31.7 Å². The molecule has 0 radical (unpaired) electrons. The van der Waals surface area contributed by atoms with Gasteiger partial charge in [0.2, 0.25) is 11.7 Å². The Kier molecular flexibility index (Phi) is 4.03. The van der Waals surface area contributed by atoms with Gasteiger partial charge in [-0.3, -0.25) is 4.90 Å². The van der Waals surface area contributed by atoms with Crippen LogP contribution in [-0.2, 0) is 0 Å². The number of aliphatic hydroxyl groups is 1. The molecule has 21 heavy (non-hydrogen) atoms. The lowest BCUT2D eigenvalue weighted by atomic mass is 10.2. The third-order valence-electron chi connectivity index (χ3n) is 4.13. The number of rotatable bonds is 6. The minimum absolute atomic E-state index is 0.0108. The highest BCUT2D eigenvalue weighted by molar-refractivity contribution is 5.53. The molecule has 1 aliphatic carbocycles. The van der Waals surface area contributed by atoms with Crippen LogP contribution in [0, 0.1) is 5.92 Å². The number of hydrogen-bond acceptors (Lipinski definition) is 5. The molecule has 2 unspecified atom stereocenters. The van der Waals surface area contributed by atoms with Crippen molar-refractivity contribution in [2.75, 3.05) is 13.6 Å². The molecule has 1 aliphatic rings. The van der Waals surface area contributed by atoms with Crippen molar-refractivity contribution < 1.29 is 9.63 Å². The average molecular weight is 287 g/mol. The quantitative estimate of drug-likeness (QED) is 0.884. The Bertz CT molecular complexity index is 580. The lowest BCUT2D eigenvalue weighted by molar-refractivity contribution is 0.0833. The molecule has 0 amide bonds. The molecule has 112 valence electrons. The van der Waals surface area contributed by atoms with Gasteiger partial charge in [-0.15, -0.1) is 0 Å². The van der Waals surface area contributed by atoms with Crippen molar-refractivity contribution in [3.05, 3.63) is 36.2 Å². The maximum absolute atomic E-state index is 10.0. The molecule has 1 heterocycles. The van der Waals surface area contributed by atoms with Crippen LogP contribution >= 0.6 is 0 Å². The molecule has 0 saturated heterocycles. The zero-order valence-electron chi connectivity index (χ0n) is 12.4. The van der Waals surface area contributed by atoms with Crippen molar-refractivity contribution >= 4 is 0 Å². The molecular weight excluding hydrogens is 266 g/mol. The highest BCUT2D eigenvalue weighted by Gasteiger charge is 2.31. The number of benzene rings is 1. The van der Waals surface area contributed by atoms with Crippen molar-refractivity contribution in [2.45, 2.75) is 31.9 Å². The number of aliphatic hydroxyl groups excluding tert-OH is 1. The number of nitrogens with zero attached hydrogens (tertiary/aromatic N) is 3. The maximum Gasteiger partial charge on any atom is 0.244 e. The molecule has 5 heteroatoms. The molecule has 0 bridgehead atoms. The average Bonchev–Trinajstić information content (AvgIpc) is 3.25. The van der Waals surface area contributed by atoms with Gasteiger partial charge in [0, 0.05) is 12.1 Å². The fraction of sp³-hybridized carbons (Fsp3) is 0.500. The van der Waals surface area contributed by atoms with Gasteiger partial charge in [-0.25, -0.2) is 0 Å². The summed E-state index contributed by atoms with van der Waals surface area (Å²) in [4.78, 5) is 6.53. The first-order valence-electron chi connectivity index (χ1n) is 7.42. The Hall–Kier alpha value is -1.72. The Morgan fingerprint density at radius 1 is 1.33 bits per heavy atom. The van der Waals surface area contributed by atoms with E-state index in [0.29, 0.717) is 24.2 Å². The van der Waals surface area contributed by atoms with E-state index in [1.54, 1.807) is 0 Å². The zero-order valence-corrected chi connectivity index (χ0v) is 12.4. The molecule has 0 spiro atoms. The van der Waals surface area contributed by atoms with E-state index in [0.717, 1.165) is 18.4 Å². The summed E-state index contributed by atoms with van der Waals surface area (Å²) in [6.07, 6.45) is 2.03. The van der Waals surface area contributed by atoms with Crippen LogP contribution < -0.4 is 0 Å². The van der Waals surface area contributed by atoms with Gasteiger partial charge in [0.05, 0.1) is 12.1 Å². The first kappa shape index (κ1) is 14.2. The summed E-state index contributed by atoms with van der Waals surface area (Å²) in [7, 11) is 1.97. The van der Waals surface area contributed by atoms with Crippen LogP contribution in [0.15, 0.2) is 34.9 Å². The Morgan fingerprint density at radius 2 is 2.05 bits per heavy atom. The first-order chi connectivity index (χ1) is 10.1. The Morgan fingerprint density at radius 3 is 2.71 bits per heavy atom. The standard InChI is InChI=1S/C16H21N3O2/c1-11(19(2)10-14(20)12-8-9-12)16-17-15(18-21-16)13-6-4-3-5-7-13/h3-7,11-12,14,20H,8-10H2,1-2H3. The predicted octanol–water partition coefficient (Wildman–Crippen LogP) is 2.50. The van der Waals surface area contributed by atoms with Crippen molar-refractivity contribution in [2.24, 2.45) is 5.92 Å². The van der Waals surface area contributed by atoms with Gasteiger partial charge >= 0.3 is 0 Å². The van der Waals surface area contributed by atoms with Gasteiger partial charge in [-0.2, -0.15) is 4.98 Å². The van der Waals surface area contributed by atoms with Gasteiger partial charge in [0.1, 0.15) is 0 Å². The number of hydrogen-bond donors (Lipinski definition) is 1. The molecule has 1 fully saturated rings. The van der Waals surface area contributed by atoms with Crippen LogP contribution in [0.5, 0.6) is 0 Å². The minimum atomic E-state index is -0.256. The smallest absolute Gasteiger partial charge is 0.244 e. The number of aromatic nitrogens is 2. The molecule has 2 aromatic rings. The molecule has 1 aromatic heterocycles. The molecular formula is C16H21N3O2. The summed E-state index contributed by atoms with van der Waals surface area (Å²) in [5, 5.41) is 14.1. The maximum atomic E-state index is 10.0. The second-order valence-electron chi connectivity index (χ2n) is 5.84. The van der Waals surface area contributed by atoms with E-state index in [9.17, 15) is 5.11 Å². The van der Waals surface area contributed by atoms with E-state index < -0.39 is 0 Å². The van der Waals surface area contributed by atoms with E-state index in [1.807, 2.05) is 44.3 Å². The third kappa shape index (κ3) is 3.31. The molecule has 5 nitrogen and oxygen atoms in total. The minimum Gasteiger partial charge on any atom is -0.392 e.